The first-order chi connectivity index (χ1) is 8.88. The van der Waals surface area contributed by atoms with E-state index in [4.69, 9.17) is 0 Å². The molecule has 100 valence electrons. The molecule has 1 aliphatic carbocycles. The van der Waals surface area contributed by atoms with Crippen molar-refractivity contribution < 1.29 is 0 Å². The molecule has 0 amide bonds. The number of rotatable bonds is 3. The SMILES string of the molecule is CCNC1CCCCC1N1CCn2cnnc2C1. The minimum absolute atomic E-state index is 0.665. The van der Waals surface area contributed by atoms with Gasteiger partial charge in [0.1, 0.15) is 12.2 Å². The second kappa shape index (κ2) is 5.36. The highest BCUT2D eigenvalue weighted by Gasteiger charge is 2.31. The molecule has 1 N–H and O–H groups in total. The van der Waals surface area contributed by atoms with Gasteiger partial charge in [0.15, 0.2) is 0 Å². The van der Waals surface area contributed by atoms with Crippen molar-refractivity contribution in [1.29, 1.82) is 0 Å². The Morgan fingerprint density at radius 3 is 3.11 bits per heavy atom. The van der Waals surface area contributed by atoms with Crippen LogP contribution in [-0.2, 0) is 13.1 Å². The summed E-state index contributed by atoms with van der Waals surface area (Å²) in [4.78, 5) is 2.61. The highest BCUT2D eigenvalue weighted by Crippen LogP contribution is 2.25. The average Bonchev–Trinajstić information content (AvgIpc) is 2.87. The van der Waals surface area contributed by atoms with Crippen LogP contribution >= 0.6 is 0 Å². The van der Waals surface area contributed by atoms with E-state index >= 15 is 0 Å². The van der Waals surface area contributed by atoms with Crippen molar-refractivity contribution >= 4 is 0 Å². The molecule has 18 heavy (non-hydrogen) atoms. The number of aromatic nitrogens is 3. The maximum Gasteiger partial charge on any atom is 0.147 e. The summed E-state index contributed by atoms with van der Waals surface area (Å²) in [5.41, 5.74) is 0. The molecule has 0 spiro atoms. The van der Waals surface area contributed by atoms with Gasteiger partial charge < -0.3 is 9.88 Å². The van der Waals surface area contributed by atoms with E-state index in [1.165, 1.54) is 25.7 Å². The molecular formula is C13H23N5. The van der Waals surface area contributed by atoms with E-state index in [0.717, 1.165) is 32.0 Å². The topological polar surface area (TPSA) is 46.0 Å². The molecular weight excluding hydrogens is 226 g/mol. The molecule has 0 saturated heterocycles. The highest BCUT2D eigenvalue weighted by atomic mass is 15.3. The Kier molecular flexibility index (Phi) is 3.61. The van der Waals surface area contributed by atoms with Gasteiger partial charge in [-0.25, -0.2) is 0 Å². The first kappa shape index (κ1) is 12.1. The molecule has 2 unspecified atom stereocenters. The van der Waals surface area contributed by atoms with Gasteiger partial charge in [0.05, 0.1) is 6.54 Å². The summed E-state index contributed by atoms with van der Waals surface area (Å²) in [7, 11) is 0. The van der Waals surface area contributed by atoms with Crippen LogP contribution in [0.2, 0.25) is 0 Å². The van der Waals surface area contributed by atoms with Gasteiger partial charge in [-0.3, -0.25) is 4.90 Å². The molecule has 5 heteroatoms. The molecule has 0 radical (unpaired) electrons. The summed E-state index contributed by atoms with van der Waals surface area (Å²) in [6.07, 6.45) is 7.25. The fraction of sp³-hybridized carbons (Fsp3) is 0.846. The zero-order chi connectivity index (χ0) is 12.4. The molecule has 5 nitrogen and oxygen atoms in total. The number of nitrogens with one attached hydrogen (secondary N) is 1. The van der Waals surface area contributed by atoms with Crippen molar-refractivity contribution in [2.45, 2.75) is 57.8 Å². The lowest BCUT2D eigenvalue weighted by Gasteiger charge is -2.41. The molecule has 2 atom stereocenters. The Hall–Kier alpha value is -0.940. The third-order valence-corrected chi connectivity index (χ3v) is 4.33. The van der Waals surface area contributed by atoms with Crippen LogP contribution in [0.15, 0.2) is 6.33 Å². The van der Waals surface area contributed by atoms with Crippen LogP contribution in [-0.4, -0.2) is 44.8 Å². The summed E-state index contributed by atoms with van der Waals surface area (Å²) >= 11 is 0. The number of likely N-dealkylation sites (N-methyl/N-ethyl adjacent to an activating group) is 1. The fourth-order valence-electron chi connectivity index (χ4n) is 3.42. The van der Waals surface area contributed by atoms with E-state index in [2.05, 4.69) is 31.9 Å². The van der Waals surface area contributed by atoms with Gasteiger partial charge in [0.25, 0.3) is 0 Å². The Bertz CT molecular complexity index is 386. The highest BCUT2D eigenvalue weighted by molar-refractivity contribution is 4.95. The lowest BCUT2D eigenvalue weighted by atomic mass is 9.88. The summed E-state index contributed by atoms with van der Waals surface area (Å²) in [5.74, 6) is 1.13. The number of fused-ring (bicyclic) bond motifs is 1. The first-order valence-corrected chi connectivity index (χ1v) is 7.22. The minimum atomic E-state index is 0.665. The van der Waals surface area contributed by atoms with Crippen molar-refractivity contribution in [3.8, 4) is 0 Å². The van der Waals surface area contributed by atoms with Crippen LogP contribution in [0.25, 0.3) is 0 Å². The van der Waals surface area contributed by atoms with Gasteiger partial charge in [-0.2, -0.15) is 0 Å². The monoisotopic (exact) mass is 249 g/mol. The zero-order valence-corrected chi connectivity index (χ0v) is 11.2. The molecule has 1 fully saturated rings. The zero-order valence-electron chi connectivity index (χ0n) is 11.2. The summed E-state index contributed by atoms with van der Waals surface area (Å²) in [6, 6.07) is 1.35. The maximum absolute atomic E-state index is 4.22. The molecule has 2 aliphatic rings. The third kappa shape index (κ3) is 2.29. The Morgan fingerprint density at radius 2 is 2.22 bits per heavy atom. The van der Waals surface area contributed by atoms with Crippen LogP contribution in [0.1, 0.15) is 38.4 Å². The van der Waals surface area contributed by atoms with E-state index in [0.29, 0.717) is 12.1 Å². The molecule has 2 heterocycles. The molecule has 3 rings (SSSR count). The Labute approximate surface area is 109 Å². The van der Waals surface area contributed by atoms with Crippen molar-refractivity contribution in [2.24, 2.45) is 0 Å². The van der Waals surface area contributed by atoms with Gasteiger partial charge in [-0.15, -0.1) is 10.2 Å². The average molecular weight is 249 g/mol. The first-order valence-electron chi connectivity index (χ1n) is 7.22. The van der Waals surface area contributed by atoms with Gasteiger partial charge in [0.2, 0.25) is 0 Å². The van der Waals surface area contributed by atoms with Gasteiger partial charge in [-0.05, 0) is 19.4 Å². The van der Waals surface area contributed by atoms with Crippen LogP contribution in [0.5, 0.6) is 0 Å². The van der Waals surface area contributed by atoms with Crippen LogP contribution in [0.4, 0.5) is 0 Å². The van der Waals surface area contributed by atoms with Crippen molar-refractivity contribution in [2.75, 3.05) is 13.1 Å². The van der Waals surface area contributed by atoms with E-state index in [9.17, 15) is 0 Å². The molecule has 1 aliphatic heterocycles. The second-order valence-corrected chi connectivity index (χ2v) is 5.43. The van der Waals surface area contributed by atoms with Crippen LogP contribution < -0.4 is 5.32 Å². The minimum Gasteiger partial charge on any atom is -0.315 e. The van der Waals surface area contributed by atoms with E-state index in [1.807, 2.05) is 6.33 Å². The summed E-state index contributed by atoms with van der Waals surface area (Å²) in [6.45, 7) is 6.42. The summed E-state index contributed by atoms with van der Waals surface area (Å²) < 4.78 is 2.18. The largest absolute Gasteiger partial charge is 0.315 e. The molecule has 0 bridgehead atoms. The second-order valence-electron chi connectivity index (χ2n) is 5.43. The van der Waals surface area contributed by atoms with E-state index < -0.39 is 0 Å². The van der Waals surface area contributed by atoms with Gasteiger partial charge in [0, 0.05) is 25.2 Å². The standard InChI is InChI=1S/C13H23N5/c1-2-14-11-5-3-4-6-12(11)17-7-8-18-10-15-16-13(18)9-17/h10-12,14H,2-9H2,1H3. The fourth-order valence-corrected chi connectivity index (χ4v) is 3.42. The number of hydrogen-bond acceptors (Lipinski definition) is 4. The van der Waals surface area contributed by atoms with Crippen molar-refractivity contribution in [3.05, 3.63) is 12.2 Å². The van der Waals surface area contributed by atoms with E-state index in [-0.39, 0.29) is 0 Å². The van der Waals surface area contributed by atoms with E-state index in [1.54, 1.807) is 0 Å². The number of nitrogens with zero attached hydrogens (tertiary/aromatic N) is 4. The van der Waals surface area contributed by atoms with Gasteiger partial charge >= 0.3 is 0 Å². The Morgan fingerprint density at radius 1 is 1.33 bits per heavy atom. The van der Waals surface area contributed by atoms with Crippen LogP contribution in [0.3, 0.4) is 0 Å². The third-order valence-electron chi connectivity index (χ3n) is 4.33. The lowest BCUT2D eigenvalue weighted by Crippen LogP contribution is -2.53. The molecule has 1 aromatic rings. The summed E-state index contributed by atoms with van der Waals surface area (Å²) in [5, 5.41) is 11.9. The molecule has 0 aromatic carbocycles. The quantitative estimate of drug-likeness (QED) is 0.868. The lowest BCUT2D eigenvalue weighted by molar-refractivity contribution is 0.0934. The normalized spacial score (nSPS) is 29.2. The molecule has 1 saturated carbocycles. The van der Waals surface area contributed by atoms with Crippen LogP contribution in [0, 0.1) is 0 Å². The maximum atomic E-state index is 4.22. The molecule has 1 aromatic heterocycles. The van der Waals surface area contributed by atoms with Gasteiger partial charge in [-0.1, -0.05) is 19.8 Å². The predicted molar refractivity (Wildman–Crippen MR) is 70.2 cm³/mol. The van der Waals surface area contributed by atoms with Crippen molar-refractivity contribution in [1.82, 2.24) is 25.0 Å². The predicted octanol–water partition coefficient (Wildman–Crippen LogP) is 1.01. The smallest absolute Gasteiger partial charge is 0.147 e. The van der Waals surface area contributed by atoms with Crippen molar-refractivity contribution in [3.63, 3.8) is 0 Å². The number of hydrogen-bond donors (Lipinski definition) is 1. The Balaban J connectivity index is 1.70.